The van der Waals surface area contributed by atoms with Crippen molar-refractivity contribution in [3.05, 3.63) is 29.6 Å². The molecule has 0 aliphatic carbocycles. The van der Waals surface area contributed by atoms with Crippen LogP contribution in [0.3, 0.4) is 0 Å². The van der Waals surface area contributed by atoms with Crippen molar-refractivity contribution in [1.82, 2.24) is 4.90 Å². The predicted octanol–water partition coefficient (Wildman–Crippen LogP) is 0.338. The summed E-state index contributed by atoms with van der Waals surface area (Å²) in [6.45, 7) is 5.60. The number of halogens is 1. The number of anilines is 1. The predicted molar refractivity (Wildman–Crippen MR) is 86.7 cm³/mol. The lowest BCUT2D eigenvalue weighted by atomic mass is 9.76. The van der Waals surface area contributed by atoms with Crippen molar-refractivity contribution in [3.8, 4) is 0 Å². The van der Waals surface area contributed by atoms with Gasteiger partial charge in [-0.1, -0.05) is 6.92 Å². The van der Waals surface area contributed by atoms with Crippen molar-refractivity contribution in [1.29, 1.82) is 0 Å². The molecular weight excluding hydrogens is 325 g/mol. The fourth-order valence-electron chi connectivity index (χ4n) is 4.75. The summed E-state index contributed by atoms with van der Waals surface area (Å²) in [5.41, 5.74) is -0.294. The van der Waals surface area contributed by atoms with Crippen LogP contribution in [0.15, 0.2) is 18.2 Å². The van der Waals surface area contributed by atoms with Gasteiger partial charge < -0.3 is 10.6 Å². The van der Waals surface area contributed by atoms with Gasteiger partial charge in [-0.2, -0.15) is 0 Å². The van der Waals surface area contributed by atoms with E-state index in [9.17, 15) is 18.8 Å². The van der Waals surface area contributed by atoms with Crippen LogP contribution in [0.2, 0.25) is 0 Å². The van der Waals surface area contributed by atoms with E-state index in [1.54, 1.807) is 5.32 Å². The molecule has 132 valence electrons. The van der Waals surface area contributed by atoms with Crippen LogP contribution in [0.25, 0.3) is 0 Å². The van der Waals surface area contributed by atoms with Gasteiger partial charge in [-0.05, 0) is 38.5 Å². The number of quaternary nitrogens is 1. The standard InChI is InChI=1S/C18H20FN3O3/c1-4-8(2)22-15(23)13-9(3)21-18(14(13)16(22)24)11-7-10(19)5-6-12(11)20-17(18)25/h5-9,13-14,21H,4H2,1-3H3,(H,20,25)/p+1/t8-,9-,13-,14+,18-/m1/s1. The van der Waals surface area contributed by atoms with Crippen LogP contribution in [0.1, 0.15) is 32.8 Å². The first-order valence-electron chi connectivity index (χ1n) is 8.67. The number of benzene rings is 1. The monoisotopic (exact) mass is 346 g/mol. The maximum Gasteiger partial charge on any atom is 0.291 e. The van der Waals surface area contributed by atoms with Crippen molar-refractivity contribution >= 4 is 23.4 Å². The van der Waals surface area contributed by atoms with Crippen molar-refractivity contribution in [2.24, 2.45) is 11.8 Å². The largest absolute Gasteiger partial charge is 0.326 e. The summed E-state index contributed by atoms with van der Waals surface area (Å²) in [4.78, 5) is 40.3. The first-order valence-corrected chi connectivity index (χ1v) is 8.67. The number of nitrogens with zero attached hydrogens (tertiary/aromatic N) is 1. The van der Waals surface area contributed by atoms with Crippen LogP contribution < -0.4 is 10.6 Å². The Balaban J connectivity index is 1.89. The summed E-state index contributed by atoms with van der Waals surface area (Å²) in [6, 6.07) is 3.64. The topological polar surface area (TPSA) is 83.1 Å². The van der Waals surface area contributed by atoms with Crippen molar-refractivity contribution in [2.75, 3.05) is 5.32 Å². The third kappa shape index (κ3) is 1.84. The molecule has 1 aromatic carbocycles. The van der Waals surface area contributed by atoms with E-state index in [2.05, 4.69) is 5.32 Å². The average molecular weight is 346 g/mol. The molecule has 6 nitrogen and oxygen atoms in total. The summed E-state index contributed by atoms with van der Waals surface area (Å²) in [7, 11) is 0. The van der Waals surface area contributed by atoms with Crippen molar-refractivity contribution < 1.29 is 24.1 Å². The van der Waals surface area contributed by atoms with Gasteiger partial charge in [-0.25, -0.2) is 4.39 Å². The van der Waals surface area contributed by atoms with Gasteiger partial charge in [0.15, 0.2) is 0 Å². The molecule has 3 heterocycles. The fourth-order valence-corrected chi connectivity index (χ4v) is 4.75. The van der Waals surface area contributed by atoms with Gasteiger partial charge in [0.05, 0.1) is 11.7 Å². The van der Waals surface area contributed by atoms with E-state index in [4.69, 9.17) is 0 Å². The second kappa shape index (κ2) is 5.11. The quantitative estimate of drug-likeness (QED) is 0.758. The molecule has 0 bridgehead atoms. The summed E-state index contributed by atoms with van der Waals surface area (Å²) >= 11 is 0. The molecule has 2 saturated heterocycles. The fraction of sp³-hybridized carbons (Fsp3) is 0.500. The molecular formula is C18H21FN3O3+. The molecule has 0 aromatic heterocycles. The Labute approximate surface area is 144 Å². The highest BCUT2D eigenvalue weighted by Crippen LogP contribution is 2.49. The minimum atomic E-state index is -1.27. The Morgan fingerprint density at radius 3 is 2.72 bits per heavy atom. The van der Waals surface area contributed by atoms with E-state index in [1.807, 2.05) is 20.8 Å². The first-order chi connectivity index (χ1) is 11.8. The zero-order chi connectivity index (χ0) is 18.1. The number of amides is 3. The third-order valence-electron chi connectivity index (χ3n) is 6.05. The lowest BCUT2D eigenvalue weighted by Crippen LogP contribution is -2.98. The minimum absolute atomic E-state index is 0.216. The molecule has 0 radical (unpaired) electrons. The third-order valence-corrected chi connectivity index (χ3v) is 6.05. The SMILES string of the molecule is CC[C@@H](C)N1C(=O)[C@H]2[C@@H](C1=O)[C@@]1([NH2+][C@@H]2C)C(=O)Nc2ccc(F)cc21. The van der Waals surface area contributed by atoms with Crippen LogP contribution in [0.4, 0.5) is 10.1 Å². The zero-order valence-corrected chi connectivity index (χ0v) is 14.4. The summed E-state index contributed by atoms with van der Waals surface area (Å²) < 4.78 is 13.9. The molecule has 4 rings (SSSR count). The molecule has 3 aliphatic heterocycles. The molecule has 2 fully saturated rings. The smallest absolute Gasteiger partial charge is 0.291 e. The number of imide groups is 1. The number of rotatable bonds is 2. The van der Waals surface area contributed by atoms with E-state index in [0.29, 0.717) is 17.7 Å². The Kier molecular flexibility index (Phi) is 3.31. The van der Waals surface area contributed by atoms with Crippen LogP contribution in [0, 0.1) is 17.7 Å². The van der Waals surface area contributed by atoms with E-state index in [1.165, 1.54) is 23.1 Å². The van der Waals surface area contributed by atoms with Crippen molar-refractivity contribution in [2.45, 2.75) is 44.8 Å². The maximum absolute atomic E-state index is 13.9. The molecule has 3 amide bonds. The lowest BCUT2D eigenvalue weighted by Gasteiger charge is -2.28. The summed E-state index contributed by atoms with van der Waals surface area (Å²) in [5.74, 6) is -2.72. The van der Waals surface area contributed by atoms with E-state index < -0.39 is 23.2 Å². The highest BCUT2D eigenvalue weighted by atomic mass is 19.1. The van der Waals surface area contributed by atoms with E-state index >= 15 is 0 Å². The number of nitrogens with two attached hydrogens (primary N) is 1. The zero-order valence-electron chi connectivity index (χ0n) is 14.4. The summed E-state index contributed by atoms with van der Waals surface area (Å²) in [5, 5.41) is 4.54. The van der Waals surface area contributed by atoms with Gasteiger partial charge in [0.25, 0.3) is 5.91 Å². The Morgan fingerprint density at radius 2 is 2.04 bits per heavy atom. The molecule has 0 unspecified atom stereocenters. The van der Waals surface area contributed by atoms with Gasteiger partial charge in [0.2, 0.25) is 17.4 Å². The first kappa shape index (κ1) is 16.2. The second-order valence-electron chi connectivity index (χ2n) is 7.35. The van der Waals surface area contributed by atoms with Gasteiger partial charge in [-0.15, -0.1) is 0 Å². The Hall–Kier alpha value is -2.28. The lowest BCUT2D eigenvalue weighted by molar-refractivity contribution is -0.730. The van der Waals surface area contributed by atoms with Gasteiger partial charge in [0.1, 0.15) is 17.7 Å². The van der Waals surface area contributed by atoms with Crippen LogP contribution in [0.5, 0.6) is 0 Å². The molecule has 0 saturated carbocycles. The van der Waals surface area contributed by atoms with E-state index in [0.717, 1.165) is 0 Å². The number of hydrogen-bond donors (Lipinski definition) is 2. The number of hydrogen-bond acceptors (Lipinski definition) is 3. The Bertz CT molecular complexity index is 811. The number of carbonyl (C=O) groups excluding carboxylic acids is 3. The molecule has 3 N–H and O–H groups in total. The van der Waals surface area contributed by atoms with Crippen LogP contribution in [-0.2, 0) is 19.9 Å². The molecule has 7 heteroatoms. The van der Waals surface area contributed by atoms with Crippen LogP contribution >= 0.6 is 0 Å². The number of likely N-dealkylation sites (tertiary alicyclic amines) is 1. The molecule has 1 spiro atoms. The normalized spacial score (nSPS) is 34.5. The van der Waals surface area contributed by atoms with E-state index in [-0.39, 0.29) is 29.8 Å². The summed E-state index contributed by atoms with van der Waals surface area (Å²) in [6.07, 6.45) is 0.652. The highest BCUT2D eigenvalue weighted by molar-refractivity contribution is 6.14. The minimum Gasteiger partial charge on any atom is -0.326 e. The molecule has 5 atom stereocenters. The molecule has 1 aromatic rings. The maximum atomic E-state index is 13.9. The number of carbonyl (C=O) groups is 3. The van der Waals surface area contributed by atoms with Gasteiger partial charge >= 0.3 is 0 Å². The molecule has 25 heavy (non-hydrogen) atoms. The van der Waals surface area contributed by atoms with Gasteiger partial charge in [0, 0.05) is 11.6 Å². The van der Waals surface area contributed by atoms with Gasteiger partial charge in [-0.3, -0.25) is 19.3 Å². The van der Waals surface area contributed by atoms with Crippen molar-refractivity contribution in [3.63, 3.8) is 0 Å². The second-order valence-corrected chi connectivity index (χ2v) is 7.35. The average Bonchev–Trinajstić information content (AvgIpc) is 3.12. The molecule has 3 aliphatic rings. The highest BCUT2D eigenvalue weighted by Gasteiger charge is 2.73. The number of nitrogens with one attached hydrogen (secondary N) is 1. The Morgan fingerprint density at radius 1 is 1.32 bits per heavy atom. The van der Waals surface area contributed by atoms with Crippen LogP contribution in [-0.4, -0.2) is 34.7 Å². The number of fused-ring (bicyclic) bond motifs is 4.